The van der Waals surface area contributed by atoms with Gasteiger partial charge in [-0.1, -0.05) is 13.8 Å². The first-order chi connectivity index (χ1) is 8.52. The van der Waals surface area contributed by atoms with E-state index in [0.29, 0.717) is 11.6 Å². The third-order valence-corrected chi connectivity index (χ3v) is 2.58. The van der Waals surface area contributed by atoms with E-state index in [1.165, 1.54) is 0 Å². The molecular formula is C13H24N4O. The van der Waals surface area contributed by atoms with Crippen LogP contribution in [0.2, 0.25) is 0 Å². The van der Waals surface area contributed by atoms with E-state index < -0.39 is 0 Å². The van der Waals surface area contributed by atoms with Crippen LogP contribution in [0, 0.1) is 5.92 Å². The van der Waals surface area contributed by atoms with Crippen molar-refractivity contribution in [2.75, 3.05) is 38.6 Å². The van der Waals surface area contributed by atoms with Gasteiger partial charge in [-0.2, -0.15) is 0 Å². The summed E-state index contributed by atoms with van der Waals surface area (Å²) in [6, 6.07) is 0. The maximum atomic E-state index is 8.97. The highest BCUT2D eigenvalue weighted by molar-refractivity contribution is 5.35. The Morgan fingerprint density at radius 1 is 1.17 bits per heavy atom. The zero-order valence-corrected chi connectivity index (χ0v) is 11.8. The Balaban J connectivity index is 2.73. The van der Waals surface area contributed by atoms with Crippen molar-refractivity contribution >= 4 is 5.82 Å². The number of hydrogen-bond acceptors (Lipinski definition) is 5. The summed E-state index contributed by atoms with van der Waals surface area (Å²) in [7, 11) is 4.13. The van der Waals surface area contributed by atoms with Gasteiger partial charge in [-0.25, -0.2) is 4.98 Å². The first-order valence-electron chi connectivity index (χ1n) is 6.34. The molecule has 0 amide bonds. The molecule has 1 heterocycles. The summed E-state index contributed by atoms with van der Waals surface area (Å²) in [5.41, 5.74) is 0.607. The van der Waals surface area contributed by atoms with Gasteiger partial charge in [0, 0.05) is 19.6 Å². The Bertz CT molecular complexity index is 337. The monoisotopic (exact) mass is 252 g/mol. The van der Waals surface area contributed by atoms with Crippen LogP contribution < -0.4 is 4.90 Å². The van der Waals surface area contributed by atoms with Crippen molar-refractivity contribution in [3.05, 3.63) is 18.1 Å². The second-order valence-electron chi connectivity index (χ2n) is 5.17. The van der Waals surface area contributed by atoms with Crippen LogP contribution in [0.5, 0.6) is 0 Å². The summed E-state index contributed by atoms with van der Waals surface area (Å²) < 4.78 is 0. The second-order valence-corrected chi connectivity index (χ2v) is 5.17. The van der Waals surface area contributed by atoms with Crippen LogP contribution in [-0.4, -0.2) is 53.7 Å². The van der Waals surface area contributed by atoms with Crippen LogP contribution in [0.3, 0.4) is 0 Å². The highest BCUT2D eigenvalue weighted by Gasteiger charge is 2.10. The van der Waals surface area contributed by atoms with Gasteiger partial charge in [0.15, 0.2) is 0 Å². The molecule has 18 heavy (non-hydrogen) atoms. The van der Waals surface area contributed by atoms with Crippen molar-refractivity contribution < 1.29 is 5.11 Å². The Hall–Kier alpha value is -1.20. The summed E-state index contributed by atoms with van der Waals surface area (Å²) in [6.07, 6.45) is 3.38. The maximum absolute atomic E-state index is 8.97. The van der Waals surface area contributed by atoms with Crippen molar-refractivity contribution in [1.82, 2.24) is 14.9 Å². The number of aliphatic hydroxyl groups excluding tert-OH is 1. The molecule has 0 atom stereocenters. The summed E-state index contributed by atoms with van der Waals surface area (Å²) in [6.45, 7) is 7.20. The molecule has 0 saturated carbocycles. The van der Waals surface area contributed by atoms with Gasteiger partial charge in [-0.05, 0) is 20.0 Å². The predicted octanol–water partition coefficient (Wildman–Crippen LogP) is 0.993. The molecule has 1 aromatic rings. The van der Waals surface area contributed by atoms with Crippen LogP contribution in [0.25, 0.3) is 0 Å². The number of likely N-dealkylation sites (N-methyl/N-ethyl adjacent to an activating group) is 1. The standard InChI is InChI=1S/C13H24N4O/c1-11(2)9-17(6-5-16(3)4)13-8-14-12(10-18)7-15-13/h7-8,11,18H,5-6,9-10H2,1-4H3. The number of nitrogens with zero attached hydrogens (tertiary/aromatic N) is 4. The van der Waals surface area contributed by atoms with E-state index in [2.05, 4.69) is 47.7 Å². The lowest BCUT2D eigenvalue weighted by Gasteiger charge is -2.26. The minimum absolute atomic E-state index is 0.0604. The molecular weight excluding hydrogens is 228 g/mol. The van der Waals surface area contributed by atoms with Gasteiger partial charge in [0.1, 0.15) is 5.82 Å². The lowest BCUT2D eigenvalue weighted by atomic mass is 10.2. The number of hydrogen-bond donors (Lipinski definition) is 1. The number of rotatable bonds is 7. The van der Waals surface area contributed by atoms with Crippen molar-refractivity contribution in [3.63, 3.8) is 0 Å². The molecule has 1 rings (SSSR count). The average molecular weight is 252 g/mol. The normalized spacial score (nSPS) is 11.3. The van der Waals surface area contributed by atoms with E-state index in [0.717, 1.165) is 25.5 Å². The lowest BCUT2D eigenvalue weighted by molar-refractivity contribution is 0.276. The molecule has 0 aliphatic carbocycles. The van der Waals surface area contributed by atoms with Crippen LogP contribution in [0.4, 0.5) is 5.82 Å². The Labute approximate surface area is 109 Å². The summed E-state index contributed by atoms with van der Waals surface area (Å²) in [5.74, 6) is 1.45. The predicted molar refractivity (Wildman–Crippen MR) is 73.6 cm³/mol. The van der Waals surface area contributed by atoms with E-state index in [-0.39, 0.29) is 6.61 Å². The molecule has 0 unspecified atom stereocenters. The van der Waals surface area contributed by atoms with E-state index in [1.54, 1.807) is 12.4 Å². The third kappa shape index (κ3) is 4.98. The zero-order chi connectivity index (χ0) is 13.5. The topological polar surface area (TPSA) is 52.5 Å². The van der Waals surface area contributed by atoms with Crippen molar-refractivity contribution in [1.29, 1.82) is 0 Å². The molecule has 0 aliphatic heterocycles. The number of aromatic nitrogens is 2. The molecule has 0 fully saturated rings. The zero-order valence-electron chi connectivity index (χ0n) is 11.8. The molecule has 0 saturated heterocycles. The average Bonchev–Trinajstić information content (AvgIpc) is 2.34. The molecule has 0 bridgehead atoms. The fraction of sp³-hybridized carbons (Fsp3) is 0.692. The van der Waals surface area contributed by atoms with E-state index in [1.807, 2.05) is 0 Å². The van der Waals surface area contributed by atoms with Gasteiger partial charge in [-0.15, -0.1) is 0 Å². The van der Waals surface area contributed by atoms with Gasteiger partial charge in [0.2, 0.25) is 0 Å². The molecule has 0 radical (unpaired) electrons. The van der Waals surface area contributed by atoms with Gasteiger partial charge >= 0.3 is 0 Å². The SMILES string of the molecule is CC(C)CN(CCN(C)C)c1cnc(CO)cn1. The summed E-state index contributed by atoms with van der Waals surface area (Å²) in [4.78, 5) is 12.9. The quantitative estimate of drug-likeness (QED) is 0.784. The maximum Gasteiger partial charge on any atom is 0.147 e. The summed E-state index contributed by atoms with van der Waals surface area (Å²) in [5, 5.41) is 8.97. The van der Waals surface area contributed by atoms with Gasteiger partial charge in [0.25, 0.3) is 0 Å². The van der Waals surface area contributed by atoms with E-state index in [9.17, 15) is 0 Å². The molecule has 1 aromatic heterocycles. The van der Waals surface area contributed by atoms with Crippen LogP contribution in [-0.2, 0) is 6.61 Å². The minimum Gasteiger partial charge on any atom is -0.390 e. The highest BCUT2D eigenvalue weighted by Crippen LogP contribution is 2.11. The number of anilines is 1. The van der Waals surface area contributed by atoms with Gasteiger partial charge in [0.05, 0.1) is 24.7 Å². The van der Waals surface area contributed by atoms with E-state index in [4.69, 9.17) is 5.11 Å². The molecule has 5 nitrogen and oxygen atoms in total. The highest BCUT2D eigenvalue weighted by atomic mass is 16.3. The lowest BCUT2D eigenvalue weighted by Crippen LogP contribution is -2.35. The van der Waals surface area contributed by atoms with Crippen LogP contribution >= 0.6 is 0 Å². The smallest absolute Gasteiger partial charge is 0.147 e. The van der Waals surface area contributed by atoms with Crippen molar-refractivity contribution in [2.24, 2.45) is 5.92 Å². The Morgan fingerprint density at radius 2 is 1.89 bits per heavy atom. The molecule has 5 heteroatoms. The van der Waals surface area contributed by atoms with E-state index >= 15 is 0 Å². The first kappa shape index (κ1) is 14.9. The van der Waals surface area contributed by atoms with Crippen LogP contribution in [0.15, 0.2) is 12.4 Å². The Morgan fingerprint density at radius 3 is 2.33 bits per heavy atom. The number of aliphatic hydroxyl groups is 1. The molecule has 0 spiro atoms. The first-order valence-corrected chi connectivity index (χ1v) is 6.34. The van der Waals surface area contributed by atoms with Crippen molar-refractivity contribution in [3.8, 4) is 0 Å². The van der Waals surface area contributed by atoms with Crippen LogP contribution in [0.1, 0.15) is 19.5 Å². The summed E-state index contributed by atoms with van der Waals surface area (Å²) >= 11 is 0. The molecule has 102 valence electrons. The van der Waals surface area contributed by atoms with Gasteiger partial charge in [-0.3, -0.25) is 4.98 Å². The van der Waals surface area contributed by atoms with Crippen molar-refractivity contribution in [2.45, 2.75) is 20.5 Å². The largest absolute Gasteiger partial charge is 0.390 e. The molecule has 0 aromatic carbocycles. The minimum atomic E-state index is -0.0604. The molecule has 1 N–H and O–H groups in total. The fourth-order valence-electron chi connectivity index (χ4n) is 1.65. The fourth-order valence-corrected chi connectivity index (χ4v) is 1.65. The van der Waals surface area contributed by atoms with Gasteiger partial charge < -0.3 is 14.9 Å². The second kappa shape index (κ2) is 7.28. The third-order valence-electron chi connectivity index (χ3n) is 2.58. The molecule has 0 aliphatic rings. The Kier molecular flexibility index (Phi) is 6.01.